The highest BCUT2D eigenvalue weighted by molar-refractivity contribution is 7.09. The molecule has 0 aliphatic carbocycles. The van der Waals surface area contributed by atoms with Crippen LogP contribution >= 0.6 is 11.3 Å². The maximum atomic E-state index is 5.96. The molecule has 0 aliphatic rings. The first-order valence-corrected chi connectivity index (χ1v) is 6.84. The number of nitrogens with zero attached hydrogens (tertiary/aromatic N) is 1. The Kier molecular flexibility index (Phi) is 3.99. The lowest BCUT2D eigenvalue weighted by atomic mass is 10.1. The Balaban J connectivity index is 2.13. The van der Waals surface area contributed by atoms with E-state index in [1.54, 1.807) is 11.3 Å². The summed E-state index contributed by atoms with van der Waals surface area (Å²) in [5, 5.41) is 3.02. The molecule has 0 amide bonds. The summed E-state index contributed by atoms with van der Waals surface area (Å²) in [6.45, 7) is 6.51. The SMILES string of the molecule is Cc1ccc(OCc2nc(C)cs2)c(C(C)N)c1. The van der Waals surface area contributed by atoms with Crippen LogP contribution in [0, 0.1) is 13.8 Å². The summed E-state index contributed by atoms with van der Waals surface area (Å²) in [6, 6.07) is 6.06. The number of hydrogen-bond acceptors (Lipinski definition) is 4. The predicted molar refractivity (Wildman–Crippen MR) is 75.0 cm³/mol. The molecule has 1 atom stereocenters. The van der Waals surface area contributed by atoms with Gasteiger partial charge in [0.05, 0.1) is 0 Å². The zero-order valence-electron chi connectivity index (χ0n) is 10.9. The average Bonchev–Trinajstić information content (AvgIpc) is 2.73. The molecular formula is C14H18N2OS. The van der Waals surface area contributed by atoms with Crippen LogP contribution in [0.3, 0.4) is 0 Å². The van der Waals surface area contributed by atoms with Crippen LogP contribution in [0.2, 0.25) is 0 Å². The van der Waals surface area contributed by atoms with E-state index in [-0.39, 0.29) is 6.04 Å². The number of nitrogens with two attached hydrogens (primary N) is 1. The molecule has 2 aromatic rings. The third kappa shape index (κ3) is 3.09. The number of ether oxygens (including phenoxy) is 1. The quantitative estimate of drug-likeness (QED) is 0.919. The summed E-state index contributed by atoms with van der Waals surface area (Å²) in [5.74, 6) is 0.850. The highest BCUT2D eigenvalue weighted by Crippen LogP contribution is 2.26. The molecule has 0 spiro atoms. The van der Waals surface area contributed by atoms with Gasteiger partial charge in [-0.2, -0.15) is 0 Å². The Morgan fingerprint density at radius 1 is 1.39 bits per heavy atom. The number of benzene rings is 1. The van der Waals surface area contributed by atoms with E-state index in [1.807, 2.05) is 31.4 Å². The molecule has 1 aromatic carbocycles. The van der Waals surface area contributed by atoms with Crippen molar-refractivity contribution in [3.05, 3.63) is 45.4 Å². The summed E-state index contributed by atoms with van der Waals surface area (Å²) in [7, 11) is 0. The Morgan fingerprint density at radius 3 is 2.78 bits per heavy atom. The molecule has 0 radical (unpaired) electrons. The fourth-order valence-electron chi connectivity index (χ4n) is 1.76. The van der Waals surface area contributed by atoms with Gasteiger partial charge in [-0.3, -0.25) is 0 Å². The van der Waals surface area contributed by atoms with E-state index in [0.29, 0.717) is 6.61 Å². The van der Waals surface area contributed by atoms with E-state index in [1.165, 1.54) is 5.56 Å². The van der Waals surface area contributed by atoms with Crippen LogP contribution in [0.25, 0.3) is 0 Å². The molecule has 4 heteroatoms. The third-order valence-electron chi connectivity index (χ3n) is 2.67. The molecule has 18 heavy (non-hydrogen) atoms. The summed E-state index contributed by atoms with van der Waals surface area (Å²) in [5.41, 5.74) is 9.24. The molecule has 1 heterocycles. The fraction of sp³-hybridized carbons (Fsp3) is 0.357. The number of thiazole rings is 1. The lowest BCUT2D eigenvalue weighted by molar-refractivity contribution is 0.300. The minimum atomic E-state index is -0.0297. The monoisotopic (exact) mass is 262 g/mol. The van der Waals surface area contributed by atoms with E-state index >= 15 is 0 Å². The van der Waals surface area contributed by atoms with Crippen molar-refractivity contribution in [2.45, 2.75) is 33.4 Å². The van der Waals surface area contributed by atoms with Crippen molar-refractivity contribution in [1.29, 1.82) is 0 Å². The van der Waals surface area contributed by atoms with Gasteiger partial charge in [0, 0.05) is 22.7 Å². The van der Waals surface area contributed by atoms with Crippen molar-refractivity contribution >= 4 is 11.3 Å². The van der Waals surface area contributed by atoms with Crippen LogP contribution in [0.5, 0.6) is 5.75 Å². The molecular weight excluding hydrogens is 244 g/mol. The molecule has 1 unspecified atom stereocenters. The molecule has 0 saturated heterocycles. The van der Waals surface area contributed by atoms with Crippen LogP contribution in [-0.4, -0.2) is 4.98 Å². The lowest BCUT2D eigenvalue weighted by Crippen LogP contribution is -2.08. The van der Waals surface area contributed by atoms with Crippen molar-refractivity contribution in [1.82, 2.24) is 4.98 Å². The maximum absolute atomic E-state index is 5.96. The second-order valence-electron chi connectivity index (χ2n) is 4.50. The smallest absolute Gasteiger partial charge is 0.140 e. The van der Waals surface area contributed by atoms with Crippen molar-refractivity contribution < 1.29 is 4.74 Å². The van der Waals surface area contributed by atoms with Gasteiger partial charge in [-0.1, -0.05) is 17.7 Å². The molecule has 0 aliphatic heterocycles. The lowest BCUT2D eigenvalue weighted by Gasteiger charge is -2.14. The summed E-state index contributed by atoms with van der Waals surface area (Å²) in [6.07, 6.45) is 0. The Morgan fingerprint density at radius 2 is 2.17 bits per heavy atom. The van der Waals surface area contributed by atoms with Gasteiger partial charge in [0.1, 0.15) is 17.4 Å². The van der Waals surface area contributed by atoms with E-state index in [9.17, 15) is 0 Å². The summed E-state index contributed by atoms with van der Waals surface area (Å²) < 4.78 is 5.82. The first-order valence-electron chi connectivity index (χ1n) is 5.96. The van der Waals surface area contributed by atoms with Crippen LogP contribution in [0.4, 0.5) is 0 Å². The number of hydrogen-bond donors (Lipinski definition) is 1. The number of aryl methyl sites for hydroxylation is 2. The van der Waals surface area contributed by atoms with Gasteiger partial charge < -0.3 is 10.5 Å². The molecule has 96 valence electrons. The predicted octanol–water partition coefficient (Wildman–Crippen LogP) is 3.36. The van der Waals surface area contributed by atoms with Crippen LogP contribution in [0.15, 0.2) is 23.6 Å². The fourth-order valence-corrected chi connectivity index (χ4v) is 2.45. The van der Waals surface area contributed by atoms with E-state index in [0.717, 1.165) is 22.0 Å². The minimum absolute atomic E-state index is 0.0297. The van der Waals surface area contributed by atoms with E-state index < -0.39 is 0 Å². The van der Waals surface area contributed by atoms with Gasteiger partial charge in [0.15, 0.2) is 0 Å². The van der Waals surface area contributed by atoms with Gasteiger partial charge in [-0.15, -0.1) is 11.3 Å². The van der Waals surface area contributed by atoms with Gasteiger partial charge in [0.2, 0.25) is 0 Å². The van der Waals surface area contributed by atoms with Crippen LogP contribution < -0.4 is 10.5 Å². The zero-order valence-corrected chi connectivity index (χ0v) is 11.8. The first-order chi connectivity index (χ1) is 8.56. The number of rotatable bonds is 4. The Hall–Kier alpha value is -1.39. The van der Waals surface area contributed by atoms with E-state index in [4.69, 9.17) is 10.5 Å². The molecule has 3 nitrogen and oxygen atoms in total. The van der Waals surface area contributed by atoms with Crippen molar-refractivity contribution in [2.75, 3.05) is 0 Å². The third-order valence-corrected chi connectivity index (χ3v) is 3.61. The highest BCUT2D eigenvalue weighted by atomic mass is 32.1. The number of aromatic nitrogens is 1. The highest BCUT2D eigenvalue weighted by Gasteiger charge is 2.09. The van der Waals surface area contributed by atoms with Gasteiger partial charge in [0.25, 0.3) is 0 Å². The second-order valence-corrected chi connectivity index (χ2v) is 5.44. The zero-order chi connectivity index (χ0) is 13.1. The van der Waals surface area contributed by atoms with Crippen molar-refractivity contribution in [3.8, 4) is 5.75 Å². The first kappa shape index (κ1) is 13.1. The van der Waals surface area contributed by atoms with Crippen LogP contribution in [0.1, 0.15) is 34.8 Å². The van der Waals surface area contributed by atoms with E-state index in [2.05, 4.69) is 18.0 Å². The standard InChI is InChI=1S/C14H18N2OS/c1-9-4-5-13(12(6-9)11(3)15)17-7-14-16-10(2)8-18-14/h4-6,8,11H,7,15H2,1-3H3. The Labute approximate surface area is 112 Å². The largest absolute Gasteiger partial charge is 0.486 e. The topological polar surface area (TPSA) is 48.1 Å². The molecule has 0 fully saturated rings. The molecule has 2 rings (SSSR count). The summed E-state index contributed by atoms with van der Waals surface area (Å²) in [4.78, 5) is 4.38. The second kappa shape index (κ2) is 5.50. The average molecular weight is 262 g/mol. The molecule has 0 saturated carbocycles. The normalized spacial score (nSPS) is 12.4. The minimum Gasteiger partial charge on any atom is -0.486 e. The summed E-state index contributed by atoms with van der Waals surface area (Å²) >= 11 is 1.62. The van der Waals surface area contributed by atoms with Crippen LogP contribution in [-0.2, 0) is 6.61 Å². The Bertz CT molecular complexity index is 534. The van der Waals surface area contributed by atoms with Gasteiger partial charge in [-0.05, 0) is 26.8 Å². The molecule has 0 bridgehead atoms. The van der Waals surface area contributed by atoms with Gasteiger partial charge in [-0.25, -0.2) is 4.98 Å². The van der Waals surface area contributed by atoms with Gasteiger partial charge >= 0.3 is 0 Å². The maximum Gasteiger partial charge on any atom is 0.140 e. The van der Waals surface area contributed by atoms with Crippen molar-refractivity contribution in [3.63, 3.8) is 0 Å². The molecule has 2 N–H and O–H groups in total. The molecule has 1 aromatic heterocycles. The van der Waals surface area contributed by atoms with Crippen molar-refractivity contribution in [2.24, 2.45) is 5.73 Å².